The van der Waals surface area contributed by atoms with Crippen LogP contribution in [-0.4, -0.2) is 4.98 Å². The molecule has 0 atom stereocenters. The normalized spacial score (nSPS) is 10.7. The van der Waals surface area contributed by atoms with Gasteiger partial charge >= 0.3 is 0 Å². The highest BCUT2D eigenvalue weighted by molar-refractivity contribution is 7.11. The minimum Gasteiger partial charge on any atom is -0.246 e. The molecule has 1 heterocycles. The van der Waals surface area contributed by atoms with Crippen LogP contribution in [0.1, 0.15) is 48.7 Å². The van der Waals surface area contributed by atoms with Crippen molar-refractivity contribution in [1.29, 1.82) is 0 Å². The predicted molar refractivity (Wildman–Crippen MR) is 59.5 cm³/mol. The molecule has 74 valence electrons. The van der Waals surface area contributed by atoms with Crippen molar-refractivity contribution in [3.8, 4) is 0 Å². The van der Waals surface area contributed by atoms with Crippen molar-refractivity contribution >= 4 is 11.3 Å². The Balaban J connectivity index is 2.48. The first-order valence-electron chi connectivity index (χ1n) is 5.23. The summed E-state index contributed by atoms with van der Waals surface area (Å²) in [4.78, 5) is 6.03. The molecule has 0 aromatic carbocycles. The molecule has 0 fully saturated rings. The molecule has 0 saturated carbocycles. The number of aromatic nitrogens is 1. The molecule has 0 saturated heterocycles. The molecule has 0 aliphatic heterocycles. The molecule has 0 bridgehead atoms. The zero-order chi connectivity index (χ0) is 9.68. The van der Waals surface area contributed by atoms with Gasteiger partial charge in [0.25, 0.3) is 0 Å². The van der Waals surface area contributed by atoms with Crippen molar-refractivity contribution in [1.82, 2.24) is 4.98 Å². The van der Waals surface area contributed by atoms with Crippen LogP contribution >= 0.6 is 11.3 Å². The van der Waals surface area contributed by atoms with E-state index in [0.717, 1.165) is 6.42 Å². The SMILES string of the molecule is CCCCCc1nc(CC)c(C)s1. The van der Waals surface area contributed by atoms with Crippen molar-refractivity contribution in [2.24, 2.45) is 0 Å². The van der Waals surface area contributed by atoms with Gasteiger partial charge in [-0.25, -0.2) is 4.98 Å². The number of unbranched alkanes of at least 4 members (excludes halogenated alkanes) is 2. The van der Waals surface area contributed by atoms with E-state index in [9.17, 15) is 0 Å². The van der Waals surface area contributed by atoms with E-state index in [4.69, 9.17) is 0 Å². The van der Waals surface area contributed by atoms with Gasteiger partial charge in [-0.15, -0.1) is 11.3 Å². The zero-order valence-electron chi connectivity index (χ0n) is 8.89. The van der Waals surface area contributed by atoms with Crippen LogP contribution in [0.3, 0.4) is 0 Å². The minimum absolute atomic E-state index is 1.08. The highest BCUT2D eigenvalue weighted by atomic mass is 32.1. The third-order valence-corrected chi connectivity index (χ3v) is 3.34. The molecule has 1 rings (SSSR count). The van der Waals surface area contributed by atoms with Gasteiger partial charge in [-0.3, -0.25) is 0 Å². The van der Waals surface area contributed by atoms with Gasteiger partial charge in [0.15, 0.2) is 0 Å². The second kappa shape index (κ2) is 5.38. The second-order valence-corrected chi connectivity index (χ2v) is 4.71. The third-order valence-electron chi connectivity index (χ3n) is 2.27. The molecule has 0 radical (unpaired) electrons. The smallest absolute Gasteiger partial charge is 0.0930 e. The summed E-state index contributed by atoms with van der Waals surface area (Å²) < 4.78 is 0. The quantitative estimate of drug-likeness (QED) is 0.655. The van der Waals surface area contributed by atoms with Crippen molar-refractivity contribution in [2.45, 2.75) is 52.9 Å². The summed E-state index contributed by atoms with van der Waals surface area (Å²) in [6.07, 6.45) is 6.19. The summed E-state index contributed by atoms with van der Waals surface area (Å²) in [6, 6.07) is 0. The average molecular weight is 197 g/mol. The van der Waals surface area contributed by atoms with Gasteiger partial charge in [0, 0.05) is 4.88 Å². The highest BCUT2D eigenvalue weighted by Gasteiger charge is 2.04. The van der Waals surface area contributed by atoms with E-state index in [1.54, 1.807) is 0 Å². The van der Waals surface area contributed by atoms with Crippen LogP contribution in [0.25, 0.3) is 0 Å². The molecule has 13 heavy (non-hydrogen) atoms. The largest absolute Gasteiger partial charge is 0.246 e. The number of aryl methyl sites for hydroxylation is 3. The van der Waals surface area contributed by atoms with Crippen LogP contribution < -0.4 is 0 Å². The monoisotopic (exact) mass is 197 g/mol. The van der Waals surface area contributed by atoms with Gasteiger partial charge in [0.1, 0.15) is 0 Å². The van der Waals surface area contributed by atoms with Crippen LogP contribution in [0.2, 0.25) is 0 Å². The van der Waals surface area contributed by atoms with Crippen molar-refractivity contribution in [2.75, 3.05) is 0 Å². The Morgan fingerprint density at radius 3 is 2.54 bits per heavy atom. The fourth-order valence-corrected chi connectivity index (χ4v) is 2.51. The number of nitrogens with zero attached hydrogens (tertiary/aromatic N) is 1. The maximum Gasteiger partial charge on any atom is 0.0930 e. The molecule has 0 spiro atoms. The fraction of sp³-hybridized carbons (Fsp3) is 0.727. The van der Waals surface area contributed by atoms with Crippen LogP contribution in [0.4, 0.5) is 0 Å². The first-order chi connectivity index (χ1) is 6.27. The second-order valence-electron chi connectivity index (χ2n) is 3.42. The minimum atomic E-state index is 1.08. The molecule has 0 N–H and O–H groups in total. The van der Waals surface area contributed by atoms with Crippen LogP contribution in [0, 0.1) is 6.92 Å². The Bertz CT molecular complexity index is 253. The highest BCUT2D eigenvalue weighted by Crippen LogP contribution is 2.19. The fourth-order valence-electron chi connectivity index (χ4n) is 1.45. The summed E-state index contributed by atoms with van der Waals surface area (Å²) in [7, 11) is 0. The van der Waals surface area contributed by atoms with Crippen molar-refractivity contribution < 1.29 is 0 Å². The maximum atomic E-state index is 4.62. The van der Waals surface area contributed by atoms with Crippen LogP contribution in [0.15, 0.2) is 0 Å². The average Bonchev–Trinajstić information content (AvgIpc) is 2.47. The maximum absolute atomic E-state index is 4.62. The van der Waals surface area contributed by atoms with Crippen molar-refractivity contribution in [3.05, 3.63) is 15.6 Å². The lowest BCUT2D eigenvalue weighted by atomic mass is 10.2. The van der Waals surface area contributed by atoms with E-state index in [1.165, 1.54) is 41.3 Å². The van der Waals surface area contributed by atoms with E-state index >= 15 is 0 Å². The lowest BCUT2D eigenvalue weighted by molar-refractivity contribution is 0.713. The third kappa shape index (κ3) is 3.11. The first kappa shape index (κ1) is 10.7. The van der Waals surface area contributed by atoms with E-state index in [0.29, 0.717) is 0 Å². The van der Waals surface area contributed by atoms with Gasteiger partial charge < -0.3 is 0 Å². The molecule has 0 aliphatic rings. The molecule has 2 heteroatoms. The number of thiazole rings is 1. The number of rotatable bonds is 5. The molecular weight excluding hydrogens is 178 g/mol. The Labute approximate surface area is 85.2 Å². The summed E-state index contributed by atoms with van der Waals surface area (Å²) in [5, 5.41) is 1.34. The van der Waals surface area contributed by atoms with Crippen molar-refractivity contribution in [3.63, 3.8) is 0 Å². The van der Waals surface area contributed by atoms with Crippen LogP contribution in [0.5, 0.6) is 0 Å². The van der Waals surface area contributed by atoms with Gasteiger partial charge in [0.2, 0.25) is 0 Å². The molecule has 0 unspecified atom stereocenters. The topological polar surface area (TPSA) is 12.9 Å². The molecular formula is C11H19NS. The summed E-state index contributed by atoms with van der Waals surface area (Å²) in [5.74, 6) is 0. The van der Waals surface area contributed by atoms with Gasteiger partial charge in [-0.1, -0.05) is 26.7 Å². The predicted octanol–water partition coefficient (Wildman–Crippen LogP) is 3.75. The molecule has 0 amide bonds. The van der Waals surface area contributed by atoms with Gasteiger partial charge in [-0.05, 0) is 26.2 Å². The summed E-state index contributed by atoms with van der Waals surface area (Å²) in [5.41, 5.74) is 1.30. The first-order valence-corrected chi connectivity index (χ1v) is 6.04. The molecule has 0 aliphatic carbocycles. The molecule has 1 aromatic heterocycles. The Kier molecular flexibility index (Phi) is 4.43. The van der Waals surface area contributed by atoms with E-state index in [1.807, 2.05) is 11.3 Å². The van der Waals surface area contributed by atoms with Gasteiger partial charge in [-0.2, -0.15) is 0 Å². The molecule has 1 nitrogen and oxygen atoms in total. The Morgan fingerprint density at radius 1 is 1.23 bits per heavy atom. The lowest BCUT2D eigenvalue weighted by Gasteiger charge is -1.93. The summed E-state index contributed by atoms with van der Waals surface area (Å²) >= 11 is 1.88. The number of hydrogen-bond acceptors (Lipinski definition) is 2. The number of hydrogen-bond donors (Lipinski definition) is 0. The van der Waals surface area contributed by atoms with E-state index < -0.39 is 0 Å². The molecule has 1 aromatic rings. The van der Waals surface area contributed by atoms with Gasteiger partial charge in [0.05, 0.1) is 10.7 Å². The zero-order valence-corrected chi connectivity index (χ0v) is 9.71. The van der Waals surface area contributed by atoms with Crippen LogP contribution in [-0.2, 0) is 12.8 Å². The Hall–Kier alpha value is -0.370. The lowest BCUT2D eigenvalue weighted by Crippen LogP contribution is -1.86. The Morgan fingerprint density at radius 2 is 2.00 bits per heavy atom. The standard InChI is InChI=1S/C11H19NS/c1-4-6-7-8-11-12-10(5-2)9(3)13-11/h4-8H2,1-3H3. The van der Waals surface area contributed by atoms with E-state index in [2.05, 4.69) is 25.8 Å². The van der Waals surface area contributed by atoms with E-state index in [-0.39, 0.29) is 0 Å². The summed E-state index contributed by atoms with van der Waals surface area (Å²) in [6.45, 7) is 6.60.